The molecule has 1 aromatic carbocycles. The standard InChI is InChI=1S/C15H18F3NO/c1-10(2)9-19(13-6-7-13)14(20)11-4-3-5-12(8-11)15(16,17)18/h3-5,8,10,13H,6-7,9H2,1-2H3. The summed E-state index contributed by atoms with van der Waals surface area (Å²) in [7, 11) is 0. The van der Waals surface area contributed by atoms with E-state index in [-0.39, 0.29) is 17.5 Å². The van der Waals surface area contributed by atoms with E-state index in [9.17, 15) is 18.0 Å². The van der Waals surface area contributed by atoms with Crippen LogP contribution in [0.15, 0.2) is 24.3 Å². The maximum atomic E-state index is 12.7. The van der Waals surface area contributed by atoms with Crippen molar-refractivity contribution in [1.82, 2.24) is 4.90 Å². The Kier molecular flexibility index (Phi) is 4.06. The number of benzene rings is 1. The van der Waals surface area contributed by atoms with Crippen molar-refractivity contribution < 1.29 is 18.0 Å². The van der Waals surface area contributed by atoms with Crippen LogP contribution in [0.25, 0.3) is 0 Å². The molecule has 1 aromatic rings. The monoisotopic (exact) mass is 285 g/mol. The Morgan fingerprint density at radius 3 is 2.50 bits per heavy atom. The predicted molar refractivity (Wildman–Crippen MR) is 70.3 cm³/mol. The molecule has 20 heavy (non-hydrogen) atoms. The lowest BCUT2D eigenvalue weighted by molar-refractivity contribution is -0.137. The van der Waals surface area contributed by atoms with Crippen molar-refractivity contribution >= 4 is 5.91 Å². The fraction of sp³-hybridized carbons (Fsp3) is 0.533. The Balaban J connectivity index is 2.23. The highest BCUT2D eigenvalue weighted by molar-refractivity contribution is 5.94. The van der Waals surface area contributed by atoms with Gasteiger partial charge in [-0.2, -0.15) is 13.2 Å². The van der Waals surface area contributed by atoms with E-state index in [4.69, 9.17) is 0 Å². The fourth-order valence-corrected chi connectivity index (χ4v) is 2.17. The molecule has 1 amide bonds. The summed E-state index contributed by atoms with van der Waals surface area (Å²) >= 11 is 0. The molecule has 2 nitrogen and oxygen atoms in total. The SMILES string of the molecule is CC(C)CN(C(=O)c1cccc(C(F)(F)F)c1)C1CC1. The summed E-state index contributed by atoms with van der Waals surface area (Å²) in [5, 5.41) is 0. The van der Waals surface area contributed by atoms with Crippen LogP contribution in [0.3, 0.4) is 0 Å². The largest absolute Gasteiger partial charge is 0.416 e. The molecule has 1 aliphatic carbocycles. The van der Waals surface area contributed by atoms with E-state index in [0.717, 1.165) is 25.0 Å². The number of carbonyl (C=O) groups excluding carboxylic acids is 1. The normalized spacial score (nSPS) is 15.5. The molecule has 0 bridgehead atoms. The van der Waals surface area contributed by atoms with Crippen molar-refractivity contribution in [2.24, 2.45) is 5.92 Å². The van der Waals surface area contributed by atoms with Crippen LogP contribution in [0.4, 0.5) is 13.2 Å². The Morgan fingerprint density at radius 2 is 2.00 bits per heavy atom. The van der Waals surface area contributed by atoms with Crippen molar-refractivity contribution in [3.05, 3.63) is 35.4 Å². The summed E-state index contributed by atoms with van der Waals surface area (Å²) in [6, 6.07) is 4.86. The number of hydrogen-bond donors (Lipinski definition) is 0. The van der Waals surface area contributed by atoms with Gasteiger partial charge in [-0.05, 0) is 37.0 Å². The Morgan fingerprint density at radius 1 is 1.35 bits per heavy atom. The fourth-order valence-electron chi connectivity index (χ4n) is 2.17. The minimum Gasteiger partial charge on any atom is -0.335 e. The first-order chi connectivity index (χ1) is 9.29. The van der Waals surface area contributed by atoms with Crippen LogP contribution in [0.2, 0.25) is 0 Å². The molecule has 0 aliphatic heterocycles. The van der Waals surface area contributed by atoms with Crippen LogP contribution in [0.1, 0.15) is 42.6 Å². The molecule has 0 heterocycles. The lowest BCUT2D eigenvalue weighted by Gasteiger charge is -2.24. The molecule has 1 fully saturated rings. The molecular weight excluding hydrogens is 267 g/mol. The molecule has 110 valence electrons. The van der Waals surface area contributed by atoms with Gasteiger partial charge in [-0.1, -0.05) is 19.9 Å². The zero-order valence-electron chi connectivity index (χ0n) is 11.6. The van der Waals surface area contributed by atoms with Crippen LogP contribution in [-0.4, -0.2) is 23.4 Å². The van der Waals surface area contributed by atoms with Crippen molar-refractivity contribution in [2.45, 2.75) is 38.9 Å². The second-order valence-corrected chi connectivity index (χ2v) is 5.66. The third kappa shape index (κ3) is 3.52. The van der Waals surface area contributed by atoms with Crippen LogP contribution in [-0.2, 0) is 6.18 Å². The van der Waals surface area contributed by atoms with Crippen molar-refractivity contribution in [3.63, 3.8) is 0 Å². The predicted octanol–water partition coefficient (Wildman–Crippen LogP) is 3.97. The Bertz CT molecular complexity index is 492. The highest BCUT2D eigenvalue weighted by Gasteiger charge is 2.35. The van der Waals surface area contributed by atoms with Crippen molar-refractivity contribution in [2.75, 3.05) is 6.54 Å². The minimum absolute atomic E-state index is 0.118. The van der Waals surface area contributed by atoms with Crippen LogP contribution in [0, 0.1) is 5.92 Å². The molecule has 1 saturated carbocycles. The van der Waals surface area contributed by atoms with Gasteiger partial charge in [0.2, 0.25) is 0 Å². The van der Waals surface area contributed by atoms with Crippen molar-refractivity contribution in [3.8, 4) is 0 Å². The minimum atomic E-state index is -4.42. The number of alkyl halides is 3. The third-order valence-electron chi connectivity index (χ3n) is 3.25. The van der Waals surface area contributed by atoms with E-state index in [1.165, 1.54) is 12.1 Å². The van der Waals surface area contributed by atoms with Gasteiger partial charge in [0.05, 0.1) is 5.56 Å². The quantitative estimate of drug-likeness (QED) is 0.819. The first-order valence-electron chi connectivity index (χ1n) is 6.77. The zero-order chi connectivity index (χ0) is 14.9. The second kappa shape index (κ2) is 5.46. The van der Waals surface area contributed by atoms with Gasteiger partial charge in [0.15, 0.2) is 0 Å². The number of rotatable bonds is 4. The highest BCUT2D eigenvalue weighted by Crippen LogP contribution is 2.32. The topological polar surface area (TPSA) is 20.3 Å². The molecule has 0 unspecified atom stereocenters. The summed E-state index contributed by atoms with van der Waals surface area (Å²) in [6.07, 6.45) is -2.53. The third-order valence-corrected chi connectivity index (χ3v) is 3.25. The molecule has 0 spiro atoms. The average molecular weight is 285 g/mol. The maximum Gasteiger partial charge on any atom is 0.416 e. The smallest absolute Gasteiger partial charge is 0.335 e. The van der Waals surface area contributed by atoms with Crippen LogP contribution >= 0.6 is 0 Å². The molecule has 0 N–H and O–H groups in total. The van der Waals surface area contributed by atoms with Gasteiger partial charge in [0.25, 0.3) is 5.91 Å². The van der Waals surface area contributed by atoms with Gasteiger partial charge in [-0.25, -0.2) is 0 Å². The first kappa shape index (κ1) is 14.9. The molecule has 2 rings (SSSR count). The molecule has 0 atom stereocenters. The van der Waals surface area contributed by atoms with Gasteiger partial charge in [0.1, 0.15) is 0 Å². The highest BCUT2D eigenvalue weighted by atomic mass is 19.4. The lowest BCUT2D eigenvalue weighted by Crippen LogP contribution is -2.36. The van der Waals surface area contributed by atoms with E-state index in [0.29, 0.717) is 12.5 Å². The Hall–Kier alpha value is -1.52. The molecular formula is C15H18F3NO. The van der Waals surface area contributed by atoms with E-state index < -0.39 is 11.7 Å². The molecule has 0 aromatic heterocycles. The van der Waals surface area contributed by atoms with E-state index >= 15 is 0 Å². The lowest BCUT2D eigenvalue weighted by atomic mass is 10.1. The van der Waals surface area contributed by atoms with Gasteiger partial charge >= 0.3 is 6.18 Å². The average Bonchev–Trinajstić information content (AvgIpc) is 3.18. The molecule has 0 radical (unpaired) electrons. The van der Waals surface area contributed by atoms with Gasteiger partial charge in [0, 0.05) is 18.2 Å². The van der Waals surface area contributed by atoms with E-state index in [2.05, 4.69) is 0 Å². The van der Waals surface area contributed by atoms with Gasteiger partial charge in [-0.15, -0.1) is 0 Å². The molecule has 5 heteroatoms. The molecule has 0 saturated heterocycles. The second-order valence-electron chi connectivity index (χ2n) is 5.66. The number of hydrogen-bond acceptors (Lipinski definition) is 1. The zero-order valence-corrected chi connectivity index (χ0v) is 11.6. The maximum absolute atomic E-state index is 12.7. The molecule has 1 aliphatic rings. The summed E-state index contributed by atoms with van der Waals surface area (Å²) in [5.74, 6) is -0.00218. The number of carbonyl (C=O) groups is 1. The van der Waals surface area contributed by atoms with Gasteiger partial charge < -0.3 is 4.90 Å². The number of nitrogens with zero attached hydrogens (tertiary/aromatic N) is 1. The Labute approximate surface area is 116 Å². The number of amides is 1. The van der Waals surface area contributed by atoms with Crippen LogP contribution < -0.4 is 0 Å². The van der Waals surface area contributed by atoms with Crippen LogP contribution in [0.5, 0.6) is 0 Å². The first-order valence-corrected chi connectivity index (χ1v) is 6.77. The van der Waals surface area contributed by atoms with E-state index in [1.54, 1.807) is 4.90 Å². The van der Waals surface area contributed by atoms with Gasteiger partial charge in [-0.3, -0.25) is 4.79 Å². The summed E-state index contributed by atoms with van der Waals surface area (Å²) in [5.41, 5.74) is -0.656. The van der Waals surface area contributed by atoms with E-state index in [1.807, 2.05) is 13.8 Å². The summed E-state index contributed by atoms with van der Waals surface area (Å²) in [6.45, 7) is 4.57. The number of halogens is 3. The summed E-state index contributed by atoms with van der Waals surface area (Å²) in [4.78, 5) is 14.1. The summed E-state index contributed by atoms with van der Waals surface area (Å²) < 4.78 is 38.1. The van der Waals surface area contributed by atoms with Crippen molar-refractivity contribution in [1.29, 1.82) is 0 Å².